The van der Waals surface area contributed by atoms with E-state index in [-0.39, 0.29) is 12.0 Å². The first-order valence-electron chi connectivity index (χ1n) is 6.84. The Morgan fingerprint density at radius 1 is 1.39 bits per heavy atom. The number of amides is 1. The van der Waals surface area contributed by atoms with Gasteiger partial charge in [-0.15, -0.1) is 0 Å². The molecule has 0 spiro atoms. The number of rotatable bonds is 8. The summed E-state index contributed by atoms with van der Waals surface area (Å²) in [5.74, 6) is -0.225. The summed E-state index contributed by atoms with van der Waals surface area (Å²) in [5, 5.41) is 3.42. The van der Waals surface area contributed by atoms with Crippen molar-refractivity contribution in [1.29, 1.82) is 0 Å². The van der Waals surface area contributed by atoms with Crippen molar-refractivity contribution in [1.82, 2.24) is 5.32 Å². The van der Waals surface area contributed by atoms with E-state index < -0.39 is 5.54 Å². The van der Waals surface area contributed by atoms with Crippen LogP contribution in [0.25, 0.3) is 0 Å². The van der Waals surface area contributed by atoms with E-state index in [4.69, 9.17) is 15.2 Å². The Kier molecular flexibility index (Phi) is 4.59. The van der Waals surface area contributed by atoms with Gasteiger partial charge in [-0.25, -0.2) is 0 Å². The standard InChI is InChI=1S/C13H24N2O3/c1-17-7-2-8-18-11-5-6-13(9-11,12(14)16)15-10-3-4-10/h10-11,15H,2-9H2,1H3,(H2,14,16). The molecule has 5 heteroatoms. The summed E-state index contributed by atoms with van der Waals surface area (Å²) in [4.78, 5) is 11.7. The smallest absolute Gasteiger partial charge is 0.237 e. The molecular weight excluding hydrogens is 232 g/mol. The summed E-state index contributed by atoms with van der Waals surface area (Å²) in [6.45, 7) is 1.41. The van der Waals surface area contributed by atoms with Crippen LogP contribution in [-0.2, 0) is 14.3 Å². The molecule has 0 aromatic carbocycles. The van der Waals surface area contributed by atoms with Crippen molar-refractivity contribution in [2.45, 2.75) is 56.2 Å². The molecule has 2 unspecified atom stereocenters. The molecular formula is C13H24N2O3. The third-order valence-electron chi connectivity index (χ3n) is 3.85. The van der Waals surface area contributed by atoms with E-state index in [0.29, 0.717) is 25.7 Å². The maximum Gasteiger partial charge on any atom is 0.237 e. The van der Waals surface area contributed by atoms with Crippen LogP contribution in [-0.4, -0.2) is 43.9 Å². The Bertz CT molecular complexity index is 294. The third-order valence-corrected chi connectivity index (χ3v) is 3.85. The maximum atomic E-state index is 11.7. The molecule has 0 saturated heterocycles. The van der Waals surface area contributed by atoms with Crippen LogP contribution >= 0.6 is 0 Å². The number of hydrogen-bond donors (Lipinski definition) is 2. The van der Waals surface area contributed by atoms with Crippen molar-refractivity contribution in [3.63, 3.8) is 0 Å². The molecule has 1 amide bonds. The second-order valence-corrected chi connectivity index (χ2v) is 5.45. The minimum Gasteiger partial charge on any atom is -0.385 e. The Balaban J connectivity index is 1.78. The maximum absolute atomic E-state index is 11.7. The molecule has 0 radical (unpaired) electrons. The number of nitrogens with one attached hydrogen (secondary N) is 1. The van der Waals surface area contributed by atoms with Gasteiger partial charge in [-0.3, -0.25) is 4.79 Å². The monoisotopic (exact) mass is 256 g/mol. The van der Waals surface area contributed by atoms with Gasteiger partial charge in [0.05, 0.1) is 6.10 Å². The molecule has 2 saturated carbocycles. The van der Waals surface area contributed by atoms with Crippen LogP contribution in [0.15, 0.2) is 0 Å². The van der Waals surface area contributed by atoms with Gasteiger partial charge in [0.1, 0.15) is 5.54 Å². The molecule has 0 aromatic heterocycles. The molecule has 5 nitrogen and oxygen atoms in total. The van der Waals surface area contributed by atoms with Crippen molar-refractivity contribution in [2.75, 3.05) is 20.3 Å². The fourth-order valence-corrected chi connectivity index (χ4v) is 2.64. The van der Waals surface area contributed by atoms with E-state index in [9.17, 15) is 4.79 Å². The number of methoxy groups -OCH3 is 1. The van der Waals surface area contributed by atoms with Crippen LogP contribution in [0.2, 0.25) is 0 Å². The van der Waals surface area contributed by atoms with Crippen molar-refractivity contribution in [2.24, 2.45) is 5.73 Å². The zero-order valence-corrected chi connectivity index (χ0v) is 11.1. The molecule has 2 fully saturated rings. The van der Waals surface area contributed by atoms with Gasteiger partial charge in [0.2, 0.25) is 5.91 Å². The number of hydrogen-bond acceptors (Lipinski definition) is 4. The van der Waals surface area contributed by atoms with Crippen LogP contribution in [0.1, 0.15) is 38.5 Å². The van der Waals surface area contributed by atoms with Gasteiger partial charge in [-0.05, 0) is 32.1 Å². The minimum atomic E-state index is -0.521. The first kappa shape index (κ1) is 13.8. The summed E-state index contributed by atoms with van der Waals surface area (Å²) in [5.41, 5.74) is 5.05. The lowest BCUT2D eigenvalue weighted by Crippen LogP contribution is -2.54. The SMILES string of the molecule is COCCCOC1CCC(NC2CC2)(C(N)=O)C1. The van der Waals surface area contributed by atoms with Crippen LogP contribution < -0.4 is 11.1 Å². The highest BCUT2D eigenvalue weighted by atomic mass is 16.5. The lowest BCUT2D eigenvalue weighted by atomic mass is 9.96. The van der Waals surface area contributed by atoms with Gasteiger partial charge in [-0.1, -0.05) is 0 Å². The minimum absolute atomic E-state index is 0.153. The van der Waals surface area contributed by atoms with Gasteiger partial charge in [-0.2, -0.15) is 0 Å². The predicted octanol–water partition coefficient (Wildman–Crippen LogP) is 0.568. The second-order valence-electron chi connectivity index (χ2n) is 5.45. The Labute approximate surface area is 108 Å². The van der Waals surface area contributed by atoms with Crippen LogP contribution in [0.3, 0.4) is 0 Å². The number of carbonyl (C=O) groups is 1. The van der Waals surface area contributed by atoms with E-state index in [1.807, 2.05) is 0 Å². The molecule has 2 atom stereocenters. The van der Waals surface area contributed by atoms with Crippen molar-refractivity contribution >= 4 is 5.91 Å². The molecule has 0 aromatic rings. The normalized spacial score (nSPS) is 31.7. The summed E-state index contributed by atoms with van der Waals surface area (Å²) in [6.07, 6.45) is 5.80. The largest absolute Gasteiger partial charge is 0.385 e. The zero-order valence-electron chi connectivity index (χ0n) is 11.1. The number of primary amides is 1. The molecule has 0 aliphatic heterocycles. The molecule has 104 valence electrons. The average molecular weight is 256 g/mol. The van der Waals surface area contributed by atoms with Gasteiger partial charge in [0.15, 0.2) is 0 Å². The highest BCUT2D eigenvalue weighted by Gasteiger charge is 2.47. The number of nitrogens with two attached hydrogens (primary N) is 1. The first-order chi connectivity index (χ1) is 8.66. The summed E-state index contributed by atoms with van der Waals surface area (Å²) >= 11 is 0. The number of ether oxygens (including phenoxy) is 2. The molecule has 2 rings (SSSR count). The van der Waals surface area contributed by atoms with Crippen molar-refractivity contribution < 1.29 is 14.3 Å². The van der Waals surface area contributed by atoms with Gasteiger partial charge in [0.25, 0.3) is 0 Å². The summed E-state index contributed by atoms with van der Waals surface area (Å²) in [6, 6.07) is 0.491. The molecule has 2 aliphatic carbocycles. The van der Waals surface area contributed by atoms with E-state index in [1.165, 1.54) is 0 Å². The van der Waals surface area contributed by atoms with E-state index in [0.717, 1.165) is 32.1 Å². The van der Waals surface area contributed by atoms with E-state index >= 15 is 0 Å². The topological polar surface area (TPSA) is 73.6 Å². The van der Waals surface area contributed by atoms with Gasteiger partial charge in [0, 0.05) is 32.8 Å². The fraction of sp³-hybridized carbons (Fsp3) is 0.923. The van der Waals surface area contributed by atoms with Crippen LogP contribution in [0.5, 0.6) is 0 Å². The third kappa shape index (κ3) is 3.43. The van der Waals surface area contributed by atoms with E-state index in [2.05, 4.69) is 5.32 Å². The second kappa shape index (κ2) is 5.99. The molecule has 2 aliphatic rings. The molecule has 0 bridgehead atoms. The van der Waals surface area contributed by atoms with Crippen LogP contribution in [0, 0.1) is 0 Å². The van der Waals surface area contributed by atoms with Crippen molar-refractivity contribution in [3.05, 3.63) is 0 Å². The van der Waals surface area contributed by atoms with Crippen molar-refractivity contribution in [3.8, 4) is 0 Å². The quantitative estimate of drug-likeness (QED) is 0.623. The highest BCUT2D eigenvalue weighted by Crippen LogP contribution is 2.35. The molecule has 3 N–H and O–H groups in total. The molecule has 0 heterocycles. The predicted molar refractivity (Wildman–Crippen MR) is 68.2 cm³/mol. The highest BCUT2D eigenvalue weighted by molar-refractivity contribution is 5.85. The Hall–Kier alpha value is -0.650. The lowest BCUT2D eigenvalue weighted by molar-refractivity contribution is -0.124. The molecule has 18 heavy (non-hydrogen) atoms. The Morgan fingerprint density at radius 3 is 2.78 bits per heavy atom. The van der Waals surface area contributed by atoms with Gasteiger partial charge >= 0.3 is 0 Å². The fourth-order valence-electron chi connectivity index (χ4n) is 2.64. The zero-order chi connectivity index (χ0) is 13.0. The first-order valence-corrected chi connectivity index (χ1v) is 6.84. The summed E-state index contributed by atoms with van der Waals surface area (Å²) < 4.78 is 10.8. The number of carbonyl (C=O) groups excluding carboxylic acids is 1. The Morgan fingerprint density at radius 2 is 2.17 bits per heavy atom. The average Bonchev–Trinajstić information content (AvgIpc) is 3.04. The van der Waals surface area contributed by atoms with Crippen LogP contribution in [0.4, 0.5) is 0 Å². The van der Waals surface area contributed by atoms with E-state index in [1.54, 1.807) is 7.11 Å². The lowest BCUT2D eigenvalue weighted by Gasteiger charge is -2.27. The summed E-state index contributed by atoms with van der Waals surface area (Å²) in [7, 11) is 1.69. The van der Waals surface area contributed by atoms with Gasteiger partial charge < -0.3 is 20.5 Å².